The highest BCUT2D eigenvalue weighted by Gasteiger charge is 2.09. The van der Waals surface area contributed by atoms with Crippen LogP contribution in [-0.2, 0) is 11.3 Å². The third-order valence-corrected chi connectivity index (χ3v) is 3.34. The maximum atomic E-state index is 11.9. The van der Waals surface area contributed by atoms with Gasteiger partial charge in [0.15, 0.2) is 0 Å². The van der Waals surface area contributed by atoms with Gasteiger partial charge in [0, 0.05) is 17.1 Å². The number of carbonyl (C=O) groups is 2. The Morgan fingerprint density at radius 3 is 2.48 bits per heavy atom. The van der Waals surface area contributed by atoms with Crippen LogP contribution in [0.1, 0.15) is 15.9 Å². The van der Waals surface area contributed by atoms with Crippen molar-refractivity contribution in [1.82, 2.24) is 15.8 Å². The smallest absolute Gasteiger partial charge is 0.269 e. The van der Waals surface area contributed by atoms with Gasteiger partial charge in [-0.25, -0.2) is 0 Å². The molecule has 0 bridgehead atoms. The molecule has 2 amide bonds. The maximum absolute atomic E-state index is 11.9. The Hall–Kier alpha value is -2.37. The van der Waals surface area contributed by atoms with E-state index in [1.807, 2.05) is 36.2 Å². The Morgan fingerprint density at radius 1 is 1.04 bits per heavy atom. The first-order valence-electron chi connectivity index (χ1n) is 7.12. The SMILES string of the molecule is CN(CC(=O)NNC(=O)c1ccccc1)Cc1cccc(Cl)c1. The van der Waals surface area contributed by atoms with E-state index in [1.54, 1.807) is 30.3 Å². The topological polar surface area (TPSA) is 61.4 Å². The maximum Gasteiger partial charge on any atom is 0.269 e. The number of hydrogen-bond donors (Lipinski definition) is 2. The molecule has 0 aliphatic rings. The quantitative estimate of drug-likeness (QED) is 0.826. The number of amides is 2. The van der Waals surface area contributed by atoms with Crippen molar-refractivity contribution >= 4 is 23.4 Å². The minimum atomic E-state index is -0.351. The number of nitrogens with one attached hydrogen (secondary N) is 2. The van der Waals surface area contributed by atoms with Gasteiger partial charge in [-0.05, 0) is 36.9 Å². The zero-order valence-electron chi connectivity index (χ0n) is 12.8. The molecule has 5 nitrogen and oxygen atoms in total. The van der Waals surface area contributed by atoms with Crippen LogP contribution in [0.5, 0.6) is 0 Å². The lowest BCUT2D eigenvalue weighted by molar-refractivity contribution is -0.122. The summed E-state index contributed by atoms with van der Waals surface area (Å²) in [5.41, 5.74) is 6.29. The Kier molecular flexibility index (Phi) is 6.14. The monoisotopic (exact) mass is 331 g/mol. The molecule has 0 fully saturated rings. The molecule has 2 rings (SSSR count). The van der Waals surface area contributed by atoms with Crippen LogP contribution in [0.3, 0.4) is 0 Å². The van der Waals surface area contributed by atoms with Gasteiger partial charge in [-0.1, -0.05) is 41.9 Å². The van der Waals surface area contributed by atoms with Gasteiger partial charge >= 0.3 is 0 Å². The molecule has 2 aromatic carbocycles. The van der Waals surface area contributed by atoms with Crippen molar-refractivity contribution in [3.8, 4) is 0 Å². The molecule has 6 heteroatoms. The van der Waals surface area contributed by atoms with Gasteiger partial charge in [0.2, 0.25) is 0 Å². The van der Waals surface area contributed by atoms with Crippen LogP contribution in [0.25, 0.3) is 0 Å². The number of carbonyl (C=O) groups excluding carboxylic acids is 2. The molecular formula is C17H18ClN3O2. The van der Waals surface area contributed by atoms with Gasteiger partial charge in [0.05, 0.1) is 6.54 Å². The number of halogens is 1. The van der Waals surface area contributed by atoms with E-state index in [2.05, 4.69) is 10.9 Å². The van der Waals surface area contributed by atoms with Crippen LogP contribution in [0.2, 0.25) is 5.02 Å². The van der Waals surface area contributed by atoms with E-state index in [1.165, 1.54) is 0 Å². The Balaban J connectivity index is 1.77. The van der Waals surface area contributed by atoms with Crippen molar-refractivity contribution in [3.63, 3.8) is 0 Å². The number of rotatable bonds is 5. The van der Waals surface area contributed by atoms with Crippen LogP contribution in [0, 0.1) is 0 Å². The zero-order valence-corrected chi connectivity index (χ0v) is 13.5. The summed E-state index contributed by atoms with van der Waals surface area (Å²) in [5.74, 6) is -0.643. The molecule has 2 aromatic rings. The molecule has 0 atom stereocenters. The number of benzene rings is 2. The van der Waals surface area contributed by atoms with Gasteiger partial charge in [-0.15, -0.1) is 0 Å². The molecule has 0 heterocycles. The lowest BCUT2D eigenvalue weighted by atomic mass is 10.2. The summed E-state index contributed by atoms with van der Waals surface area (Å²) in [6.45, 7) is 0.738. The summed E-state index contributed by atoms with van der Waals surface area (Å²) >= 11 is 5.93. The van der Waals surface area contributed by atoms with E-state index in [9.17, 15) is 9.59 Å². The van der Waals surface area contributed by atoms with E-state index < -0.39 is 0 Å². The van der Waals surface area contributed by atoms with E-state index in [0.29, 0.717) is 17.1 Å². The van der Waals surface area contributed by atoms with Crippen molar-refractivity contribution in [1.29, 1.82) is 0 Å². The largest absolute Gasteiger partial charge is 0.293 e. The average Bonchev–Trinajstić information content (AvgIpc) is 2.53. The average molecular weight is 332 g/mol. The summed E-state index contributed by atoms with van der Waals surface area (Å²) in [7, 11) is 1.82. The number of nitrogens with zero attached hydrogens (tertiary/aromatic N) is 1. The second kappa shape index (κ2) is 8.31. The fraction of sp³-hybridized carbons (Fsp3) is 0.176. The van der Waals surface area contributed by atoms with Crippen LogP contribution in [-0.4, -0.2) is 30.3 Å². The van der Waals surface area contributed by atoms with Gasteiger partial charge in [-0.3, -0.25) is 25.3 Å². The second-order valence-electron chi connectivity index (χ2n) is 5.17. The zero-order chi connectivity index (χ0) is 16.7. The number of likely N-dealkylation sites (N-methyl/N-ethyl adjacent to an activating group) is 1. The van der Waals surface area contributed by atoms with Crippen molar-refractivity contribution in [2.45, 2.75) is 6.54 Å². The second-order valence-corrected chi connectivity index (χ2v) is 5.61. The van der Waals surface area contributed by atoms with Crippen molar-refractivity contribution < 1.29 is 9.59 Å². The van der Waals surface area contributed by atoms with E-state index in [-0.39, 0.29) is 18.4 Å². The standard InChI is InChI=1S/C17H18ClN3O2/c1-21(11-13-6-5-9-15(18)10-13)12-16(22)19-20-17(23)14-7-3-2-4-8-14/h2-10H,11-12H2,1H3,(H,19,22)(H,20,23). The lowest BCUT2D eigenvalue weighted by Crippen LogP contribution is -2.45. The van der Waals surface area contributed by atoms with E-state index in [4.69, 9.17) is 11.6 Å². The van der Waals surface area contributed by atoms with Gasteiger partial charge in [0.25, 0.3) is 11.8 Å². The van der Waals surface area contributed by atoms with Gasteiger partial charge in [-0.2, -0.15) is 0 Å². The minimum Gasteiger partial charge on any atom is -0.293 e. The highest BCUT2D eigenvalue weighted by molar-refractivity contribution is 6.30. The summed E-state index contributed by atoms with van der Waals surface area (Å²) < 4.78 is 0. The molecule has 0 saturated carbocycles. The fourth-order valence-electron chi connectivity index (χ4n) is 2.08. The third-order valence-electron chi connectivity index (χ3n) is 3.11. The summed E-state index contributed by atoms with van der Waals surface area (Å²) in [5, 5.41) is 0.662. The molecule has 0 aliphatic carbocycles. The van der Waals surface area contributed by atoms with E-state index in [0.717, 1.165) is 5.56 Å². The Labute approximate surface area is 140 Å². The third kappa shape index (κ3) is 5.73. The van der Waals surface area contributed by atoms with Crippen LogP contribution in [0.15, 0.2) is 54.6 Å². The Bertz CT molecular complexity index is 677. The van der Waals surface area contributed by atoms with Crippen LogP contribution < -0.4 is 10.9 Å². The summed E-state index contributed by atoms with van der Waals surface area (Å²) in [6, 6.07) is 16.2. The van der Waals surface area contributed by atoms with Crippen molar-refractivity contribution in [3.05, 3.63) is 70.7 Å². The Morgan fingerprint density at radius 2 is 1.78 bits per heavy atom. The normalized spacial score (nSPS) is 10.4. The first-order chi connectivity index (χ1) is 11.0. The highest BCUT2D eigenvalue weighted by Crippen LogP contribution is 2.11. The number of hydrazine groups is 1. The lowest BCUT2D eigenvalue weighted by Gasteiger charge is -2.16. The van der Waals surface area contributed by atoms with Crippen LogP contribution in [0.4, 0.5) is 0 Å². The first kappa shape index (κ1) is 17.0. The van der Waals surface area contributed by atoms with Gasteiger partial charge < -0.3 is 0 Å². The van der Waals surface area contributed by atoms with Crippen LogP contribution >= 0.6 is 11.6 Å². The molecule has 0 radical (unpaired) electrons. The minimum absolute atomic E-state index is 0.154. The summed E-state index contributed by atoms with van der Waals surface area (Å²) in [4.78, 5) is 25.5. The first-order valence-corrected chi connectivity index (χ1v) is 7.49. The predicted octanol–water partition coefficient (Wildman–Crippen LogP) is 2.23. The molecule has 0 saturated heterocycles. The fourth-order valence-corrected chi connectivity index (χ4v) is 2.29. The molecule has 0 aromatic heterocycles. The molecule has 23 heavy (non-hydrogen) atoms. The van der Waals surface area contributed by atoms with Crippen molar-refractivity contribution in [2.24, 2.45) is 0 Å². The van der Waals surface area contributed by atoms with Crippen molar-refractivity contribution in [2.75, 3.05) is 13.6 Å². The molecule has 2 N–H and O–H groups in total. The highest BCUT2D eigenvalue weighted by atomic mass is 35.5. The predicted molar refractivity (Wildman–Crippen MR) is 89.8 cm³/mol. The van der Waals surface area contributed by atoms with E-state index >= 15 is 0 Å². The molecule has 0 spiro atoms. The molecule has 0 aliphatic heterocycles. The summed E-state index contributed by atoms with van der Waals surface area (Å²) in [6.07, 6.45) is 0. The number of hydrogen-bond acceptors (Lipinski definition) is 3. The molecule has 0 unspecified atom stereocenters. The van der Waals surface area contributed by atoms with Gasteiger partial charge in [0.1, 0.15) is 0 Å². The molecular weight excluding hydrogens is 314 g/mol. The molecule has 120 valence electrons.